The van der Waals surface area contributed by atoms with Crippen LogP contribution < -0.4 is 16.0 Å². The SMILES string of the molecule is CC1CCNC(C(=O)NCCNC(=O)C(C)C)C1. The molecule has 0 aromatic rings. The topological polar surface area (TPSA) is 70.2 Å². The predicted octanol–water partition coefficient (Wildman–Crippen LogP) is 0.263. The molecule has 1 aliphatic rings. The van der Waals surface area contributed by atoms with Gasteiger partial charge >= 0.3 is 0 Å². The van der Waals surface area contributed by atoms with Gasteiger partial charge < -0.3 is 16.0 Å². The minimum absolute atomic E-state index is 0.0124. The van der Waals surface area contributed by atoms with Crippen LogP contribution in [0.1, 0.15) is 33.6 Å². The smallest absolute Gasteiger partial charge is 0.237 e. The third-order valence-corrected chi connectivity index (χ3v) is 3.23. The Hall–Kier alpha value is -1.10. The molecule has 2 atom stereocenters. The summed E-state index contributed by atoms with van der Waals surface area (Å²) < 4.78 is 0. The second-order valence-corrected chi connectivity index (χ2v) is 5.37. The molecule has 5 nitrogen and oxygen atoms in total. The Labute approximate surface area is 109 Å². The van der Waals surface area contributed by atoms with E-state index in [0.717, 1.165) is 19.4 Å². The van der Waals surface area contributed by atoms with E-state index in [1.165, 1.54) is 0 Å². The van der Waals surface area contributed by atoms with Crippen LogP contribution in [0.3, 0.4) is 0 Å². The maximum Gasteiger partial charge on any atom is 0.237 e. The number of carbonyl (C=O) groups excluding carboxylic acids is 2. The van der Waals surface area contributed by atoms with Crippen molar-refractivity contribution in [1.82, 2.24) is 16.0 Å². The lowest BCUT2D eigenvalue weighted by atomic mass is 9.94. The zero-order valence-corrected chi connectivity index (χ0v) is 11.6. The molecule has 104 valence electrons. The van der Waals surface area contributed by atoms with Gasteiger partial charge in [0.25, 0.3) is 0 Å². The van der Waals surface area contributed by atoms with Gasteiger partial charge in [-0.2, -0.15) is 0 Å². The van der Waals surface area contributed by atoms with Crippen LogP contribution in [0.15, 0.2) is 0 Å². The van der Waals surface area contributed by atoms with E-state index >= 15 is 0 Å². The molecule has 0 aromatic carbocycles. The van der Waals surface area contributed by atoms with Crippen LogP contribution in [0.25, 0.3) is 0 Å². The number of carbonyl (C=O) groups is 2. The van der Waals surface area contributed by atoms with Crippen molar-refractivity contribution < 1.29 is 9.59 Å². The molecular formula is C13H25N3O2. The van der Waals surface area contributed by atoms with Gasteiger partial charge in [0, 0.05) is 19.0 Å². The maximum absolute atomic E-state index is 11.8. The Morgan fingerprint density at radius 2 is 1.94 bits per heavy atom. The molecule has 0 aliphatic carbocycles. The fraction of sp³-hybridized carbons (Fsp3) is 0.846. The number of piperidine rings is 1. The fourth-order valence-corrected chi connectivity index (χ4v) is 2.01. The fourth-order valence-electron chi connectivity index (χ4n) is 2.01. The van der Waals surface area contributed by atoms with Crippen LogP contribution in [0.5, 0.6) is 0 Å². The molecule has 3 N–H and O–H groups in total. The van der Waals surface area contributed by atoms with Crippen LogP contribution in [0, 0.1) is 11.8 Å². The number of rotatable bonds is 5. The molecule has 1 saturated heterocycles. The van der Waals surface area contributed by atoms with E-state index in [1.54, 1.807) is 0 Å². The van der Waals surface area contributed by atoms with Crippen molar-refractivity contribution >= 4 is 11.8 Å². The highest BCUT2D eigenvalue weighted by Gasteiger charge is 2.23. The summed E-state index contributed by atoms with van der Waals surface area (Å²) in [7, 11) is 0. The summed E-state index contributed by atoms with van der Waals surface area (Å²) in [5.74, 6) is 0.651. The summed E-state index contributed by atoms with van der Waals surface area (Å²) in [4.78, 5) is 23.1. The van der Waals surface area contributed by atoms with E-state index in [9.17, 15) is 9.59 Å². The Kier molecular flexibility index (Phi) is 6.12. The molecular weight excluding hydrogens is 230 g/mol. The molecule has 1 heterocycles. The zero-order chi connectivity index (χ0) is 13.5. The Morgan fingerprint density at radius 3 is 2.56 bits per heavy atom. The van der Waals surface area contributed by atoms with E-state index in [-0.39, 0.29) is 23.8 Å². The van der Waals surface area contributed by atoms with Crippen LogP contribution in [0.4, 0.5) is 0 Å². The zero-order valence-electron chi connectivity index (χ0n) is 11.6. The quantitative estimate of drug-likeness (QED) is 0.617. The van der Waals surface area contributed by atoms with Gasteiger partial charge in [-0.25, -0.2) is 0 Å². The number of hydrogen-bond donors (Lipinski definition) is 3. The molecule has 1 rings (SSSR count). The third-order valence-electron chi connectivity index (χ3n) is 3.23. The van der Waals surface area contributed by atoms with Gasteiger partial charge in [0.05, 0.1) is 6.04 Å². The minimum Gasteiger partial charge on any atom is -0.354 e. The summed E-state index contributed by atoms with van der Waals surface area (Å²) in [5, 5.41) is 8.84. The van der Waals surface area contributed by atoms with Gasteiger partial charge in [0.2, 0.25) is 11.8 Å². The van der Waals surface area contributed by atoms with Crippen molar-refractivity contribution in [3.8, 4) is 0 Å². The highest BCUT2D eigenvalue weighted by molar-refractivity contribution is 5.82. The molecule has 18 heavy (non-hydrogen) atoms. The van der Waals surface area contributed by atoms with Crippen LogP contribution in [-0.4, -0.2) is 37.5 Å². The first-order valence-corrected chi connectivity index (χ1v) is 6.79. The number of hydrogen-bond acceptors (Lipinski definition) is 3. The van der Waals surface area contributed by atoms with Crippen LogP contribution in [0.2, 0.25) is 0 Å². The highest BCUT2D eigenvalue weighted by atomic mass is 16.2. The van der Waals surface area contributed by atoms with Gasteiger partial charge in [-0.05, 0) is 25.3 Å². The monoisotopic (exact) mass is 255 g/mol. The first kappa shape index (κ1) is 15.0. The molecule has 2 amide bonds. The molecule has 0 spiro atoms. The summed E-state index contributed by atoms with van der Waals surface area (Å²) in [6.45, 7) is 7.75. The highest BCUT2D eigenvalue weighted by Crippen LogP contribution is 2.14. The standard InChI is InChI=1S/C13H25N3O2/c1-9(2)12(17)15-6-7-16-13(18)11-8-10(3)4-5-14-11/h9-11,14H,4-8H2,1-3H3,(H,15,17)(H,16,18). The molecule has 1 aliphatic heterocycles. The van der Waals surface area contributed by atoms with E-state index in [0.29, 0.717) is 19.0 Å². The molecule has 0 aromatic heterocycles. The number of amides is 2. The molecule has 0 bridgehead atoms. The lowest BCUT2D eigenvalue weighted by Gasteiger charge is -2.27. The molecule has 2 unspecified atom stereocenters. The number of nitrogens with one attached hydrogen (secondary N) is 3. The van der Waals surface area contributed by atoms with E-state index in [2.05, 4.69) is 22.9 Å². The largest absolute Gasteiger partial charge is 0.354 e. The van der Waals surface area contributed by atoms with Crippen molar-refractivity contribution in [2.45, 2.75) is 39.7 Å². The van der Waals surface area contributed by atoms with Gasteiger partial charge in [-0.3, -0.25) is 9.59 Å². The van der Waals surface area contributed by atoms with Crippen molar-refractivity contribution in [2.24, 2.45) is 11.8 Å². The van der Waals surface area contributed by atoms with Gasteiger partial charge in [-0.1, -0.05) is 20.8 Å². The van der Waals surface area contributed by atoms with Gasteiger partial charge in [0.15, 0.2) is 0 Å². The van der Waals surface area contributed by atoms with Crippen molar-refractivity contribution in [1.29, 1.82) is 0 Å². The summed E-state index contributed by atoms with van der Waals surface area (Å²) in [6.07, 6.45) is 2.03. The lowest BCUT2D eigenvalue weighted by Crippen LogP contribution is -2.49. The first-order chi connectivity index (χ1) is 8.50. The Morgan fingerprint density at radius 1 is 1.28 bits per heavy atom. The molecule has 5 heteroatoms. The molecule has 0 radical (unpaired) electrons. The maximum atomic E-state index is 11.8. The lowest BCUT2D eigenvalue weighted by molar-refractivity contribution is -0.125. The Bertz CT molecular complexity index is 292. The normalized spacial score (nSPS) is 23.8. The second kappa shape index (κ2) is 7.36. The van der Waals surface area contributed by atoms with E-state index in [1.807, 2.05) is 13.8 Å². The summed E-state index contributed by atoms with van der Waals surface area (Å²) >= 11 is 0. The molecule has 0 saturated carbocycles. The average Bonchev–Trinajstić information content (AvgIpc) is 2.33. The Balaban J connectivity index is 2.15. The third kappa shape index (κ3) is 5.04. The average molecular weight is 255 g/mol. The van der Waals surface area contributed by atoms with Crippen LogP contribution in [-0.2, 0) is 9.59 Å². The summed E-state index contributed by atoms with van der Waals surface area (Å²) in [6, 6.07) is -0.0745. The summed E-state index contributed by atoms with van der Waals surface area (Å²) in [5.41, 5.74) is 0. The van der Waals surface area contributed by atoms with Crippen molar-refractivity contribution in [2.75, 3.05) is 19.6 Å². The molecule has 1 fully saturated rings. The van der Waals surface area contributed by atoms with E-state index < -0.39 is 0 Å². The van der Waals surface area contributed by atoms with Crippen LogP contribution >= 0.6 is 0 Å². The van der Waals surface area contributed by atoms with Crippen molar-refractivity contribution in [3.63, 3.8) is 0 Å². The van der Waals surface area contributed by atoms with Crippen molar-refractivity contribution in [3.05, 3.63) is 0 Å². The second-order valence-electron chi connectivity index (χ2n) is 5.37. The van der Waals surface area contributed by atoms with Gasteiger partial charge in [-0.15, -0.1) is 0 Å². The first-order valence-electron chi connectivity index (χ1n) is 6.79. The van der Waals surface area contributed by atoms with E-state index in [4.69, 9.17) is 0 Å². The minimum atomic E-state index is -0.0745. The predicted molar refractivity (Wildman–Crippen MR) is 71.0 cm³/mol. The van der Waals surface area contributed by atoms with Gasteiger partial charge in [0.1, 0.15) is 0 Å².